The maximum atomic E-state index is 13.5. The maximum Gasteiger partial charge on any atom is 0.285 e. The third-order valence-electron chi connectivity index (χ3n) is 6.90. The molecule has 0 spiro atoms. The SMILES string of the molecule is C/C=C(\C=C/CC)N(C)N1C(=O)C(Br)=C1CN1CCN(C(=O)c2ccccc2Cc2ccccc2)CC1. The first-order valence-corrected chi connectivity index (χ1v) is 13.7. The van der Waals surface area contributed by atoms with Crippen LogP contribution in [0.25, 0.3) is 0 Å². The Morgan fingerprint density at radius 2 is 1.70 bits per heavy atom. The van der Waals surface area contributed by atoms with Crippen molar-refractivity contribution >= 4 is 27.7 Å². The van der Waals surface area contributed by atoms with Crippen molar-refractivity contribution in [1.29, 1.82) is 0 Å². The smallest absolute Gasteiger partial charge is 0.285 e. The number of hydrazine groups is 1. The fourth-order valence-corrected chi connectivity index (χ4v) is 5.23. The third-order valence-corrected chi connectivity index (χ3v) is 7.70. The molecule has 2 amide bonds. The second-order valence-electron chi connectivity index (χ2n) is 9.31. The van der Waals surface area contributed by atoms with E-state index < -0.39 is 0 Å². The molecule has 4 rings (SSSR count). The minimum atomic E-state index is -0.0365. The number of hydrogen-bond donors (Lipinski definition) is 0. The molecular weight excluding hydrogens is 528 g/mol. The van der Waals surface area contributed by atoms with E-state index >= 15 is 0 Å². The fourth-order valence-electron chi connectivity index (χ4n) is 4.77. The molecule has 2 heterocycles. The topological polar surface area (TPSA) is 47.1 Å². The molecule has 0 atom stereocenters. The van der Waals surface area contributed by atoms with Crippen molar-refractivity contribution in [3.8, 4) is 0 Å². The number of likely N-dealkylation sites (N-methyl/N-ethyl adjacent to an activating group) is 1. The van der Waals surface area contributed by atoms with Gasteiger partial charge in [0.15, 0.2) is 0 Å². The molecule has 2 aliphatic heterocycles. The summed E-state index contributed by atoms with van der Waals surface area (Å²) in [5.41, 5.74) is 4.95. The van der Waals surface area contributed by atoms with Gasteiger partial charge in [0, 0.05) is 45.3 Å². The molecule has 7 heteroatoms. The number of rotatable bonds is 9. The Morgan fingerprint density at radius 3 is 2.38 bits per heavy atom. The van der Waals surface area contributed by atoms with E-state index in [-0.39, 0.29) is 11.8 Å². The lowest BCUT2D eigenvalue weighted by Gasteiger charge is -2.44. The molecule has 2 aromatic carbocycles. The van der Waals surface area contributed by atoms with Gasteiger partial charge in [0.05, 0.1) is 11.4 Å². The Hall–Kier alpha value is -3.16. The van der Waals surface area contributed by atoms with Gasteiger partial charge >= 0.3 is 0 Å². The van der Waals surface area contributed by atoms with Crippen molar-refractivity contribution in [3.63, 3.8) is 0 Å². The molecule has 0 N–H and O–H groups in total. The molecular formula is C30H35BrN4O2. The van der Waals surface area contributed by atoms with E-state index in [0.29, 0.717) is 24.1 Å². The molecule has 37 heavy (non-hydrogen) atoms. The Kier molecular flexibility index (Phi) is 9.00. The van der Waals surface area contributed by atoms with Gasteiger partial charge < -0.3 is 4.90 Å². The summed E-state index contributed by atoms with van der Waals surface area (Å²) in [6, 6.07) is 18.2. The number of carbonyl (C=O) groups is 2. The van der Waals surface area contributed by atoms with Gasteiger partial charge in [0.2, 0.25) is 0 Å². The minimum Gasteiger partial charge on any atom is -0.336 e. The predicted molar refractivity (Wildman–Crippen MR) is 152 cm³/mol. The zero-order chi connectivity index (χ0) is 26.4. The summed E-state index contributed by atoms with van der Waals surface area (Å²) < 4.78 is 0.627. The van der Waals surface area contributed by atoms with Gasteiger partial charge in [0.1, 0.15) is 4.48 Å². The van der Waals surface area contributed by atoms with Gasteiger partial charge in [-0.1, -0.05) is 67.6 Å². The van der Waals surface area contributed by atoms with Crippen LogP contribution >= 0.6 is 15.9 Å². The van der Waals surface area contributed by atoms with Crippen LogP contribution in [0.3, 0.4) is 0 Å². The van der Waals surface area contributed by atoms with Gasteiger partial charge in [-0.2, -0.15) is 0 Å². The molecule has 0 bridgehead atoms. The lowest BCUT2D eigenvalue weighted by atomic mass is 9.99. The van der Waals surface area contributed by atoms with Crippen LogP contribution in [0.4, 0.5) is 0 Å². The predicted octanol–water partition coefficient (Wildman–Crippen LogP) is 5.20. The maximum absolute atomic E-state index is 13.5. The average molecular weight is 564 g/mol. The molecule has 0 aliphatic carbocycles. The van der Waals surface area contributed by atoms with Gasteiger partial charge in [-0.05, 0) is 59.0 Å². The van der Waals surface area contributed by atoms with Crippen LogP contribution < -0.4 is 0 Å². The van der Waals surface area contributed by atoms with Gasteiger partial charge in [-0.15, -0.1) is 0 Å². The van der Waals surface area contributed by atoms with Crippen molar-refractivity contribution < 1.29 is 9.59 Å². The first-order valence-electron chi connectivity index (χ1n) is 12.9. The highest BCUT2D eigenvalue weighted by molar-refractivity contribution is 9.12. The second-order valence-corrected chi connectivity index (χ2v) is 10.1. The number of allylic oxidation sites excluding steroid dienone is 3. The number of piperazine rings is 1. The molecule has 1 saturated heterocycles. The normalized spacial score (nSPS) is 17.0. The lowest BCUT2D eigenvalue weighted by Crippen LogP contribution is -2.55. The zero-order valence-corrected chi connectivity index (χ0v) is 23.4. The number of carbonyl (C=O) groups excluding carboxylic acids is 2. The van der Waals surface area contributed by atoms with E-state index in [4.69, 9.17) is 0 Å². The highest BCUT2D eigenvalue weighted by Gasteiger charge is 2.39. The first kappa shape index (κ1) is 26.9. The Labute approximate surface area is 228 Å². The highest BCUT2D eigenvalue weighted by Crippen LogP contribution is 2.33. The van der Waals surface area contributed by atoms with Crippen LogP contribution in [0.15, 0.2) is 88.7 Å². The lowest BCUT2D eigenvalue weighted by molar-refractivity contribution is -0.139. The molecule has 2 aromatic rings. The van der Waals surface area contributed by atoms with E-state index in [9.17, 15) is 9.59 Å². The summed E-state index contributed by atoms with van der Waals surface area (Å²) in [6.45, 7) is 7.55. The molecule has 0 saturated carbocycles. The highest BCUT2D eigenvalue weighted by atomic mass is 79.9. The van der Waals surface area contributed by atoms with Crippen molar-refractivity contribution in [2.24, 2.45) is 0 Å². The Morgan fingerprint density at radius 1 is 1.03 bits per heavy atom. The molecule has 0 radical (unpaired) electrons. The minimum absolute atomic E-state index is 0.0365. The summed E-state index contributed by atoms with van der Waals surface area (Å²) in [6.07, 6.45) is 7.80. The van der Waals surface area contributed by atoms with Crippen molar-refractivity contribution in [2.45, 2.75) is 26.7 Å². The summed E-state index contributed by atoms with van der Waals surface area (Å²) in [5.74, 6) is 0.0535. The average Bonchev–Trinajstić information content (AvgIpc) is 2.93. The number of benzene rings is 2. The van der Waals surface area contributed by atoms with Crippen LogP contribution in [0.1, 0.15) is 41.8 Å². The van der Waals surface area contributed by atoms with E-state index in [2.05, 4.69) is 46.0 Å². The number of amides is 2. The summed E-state index contributed by atoms with van der Waals surface area (Å²) in [7, 11) is 1.91. The van der Waals surface area contributed by atoms with Crippen molar-refractivity contribution in [3.05, 3.63) is 105 Å². The van der Waals surface area contributed by atoms with Crippen molar-refractivity contribution in [2.75, 3.05) is 39.8 Å². The van der Waals surface area contributed by atoms with E-state index in [1.165, 1.54) is 5.56 Å². The summed E-state index contributed by atoms with van der Waals surface area (Å²) >= 11 is 3.49. The molecule has 2 aliphatic rings. The van der Waals surface area contributed by atoms with E-state index in [1.54, 1.807) is 5.01 Å². The number of hydrogen-bond acceptors (Lipinski definition) is 4. The van der Waals surface area contributed by atoms with E-state index in [1.807, 2.05) is 78.5 Å². The standard InChI is InChI=1S/C30H35BrN4O2/c1-4-6-15-25(5-2)32(3)35-27(28(31)30(35)37)22-33-17-19-34(20-18-33)29(36)26-16-11-10-14-24(26)21-23-12-8-7-9-13-23/h5-16H,4,17-22H2,1-3H3/b15-6-,25-5+. The Balaban J connectivity index is 1.38. The van der Waals surface area contributed by atoms with Gasteiger partial charge in [0.25, 0.3) is 11.8 Å². The van der Waals surface area contributed by atoms with Gasteiger partial charge in [-0.25, -0.2) is 5.01 Å². The monoisotopic (exact) mass is 562 g/mol. The van der Waals surface area contributed by atoms with Crippen LogP contribution in [0.5, 0.6) is 0 Å². The third kappa shape index (κ3) is 6.05. The Bertz CT molecular complexity index is 1210. The van der Waals surface area contributed by atoms with E-state index in [0.717, 1.165) is 48.5 Å². The van der Waals surface area contributed by atoms with Gasteiger partial charge in [-0.3, -0.25) is 19.5 Å². The molecule has 1 fully saturated rings. The quantitative estimate of drug-likeness (QED) is 0.394. The number of nitrogens with zero attached hydrogens (tertiary/aromatic N) is 4. The molecule has 0 unspecified atom stereocenters. The van der Waals surface area contributed by atoms with Crippen LogP contribution in [-0.4, -0.2) is 71.4 Å². The molecule has 194 valence electrons. The van der Waals surface area contributed by atoms with Crippen LogP contribution in [0.2, 0.25) is 0 Å². The summed E-state index contributed by atoms with van der Waals surface area (Å²) in [4.78, 5) is 30.4. The van der Waals surface area contributed by atoms with Crippen molar-refractivity contribution in [1.82, 2.24) is 19.8 Å². The first-order chi connectivity index (χ1) is 17.9. The largest absolute Gasteiger partial charge is 0.336 e. The number of halogens is 1. The second kappa shape index (κ2) is 12.4. The molecule has 0 aromatic heterocycles. The van der Waals surface area contributed by atoms with Crippen LogP contribution in [0, 0.1) is 0 Å². The van der Waals surface area contributed by atoms with Crippen LogP contribution in [-0.2, 0) is 11.2 Å². The fraction of sp³-hybridized carbons (Fsp3) is 0.333. The summed E-state index contributed by atoms with van der Waals surface area (Å²) in [5, 5.41) is 3.63. The zero-order valence-electron chi connectivity index (χ0n) is 21.9. The molecule has 6 nitrogen and oxygen atoms in total.